The lowest BCUT2D eigenvalue weighted by Gasteiger charge is -2.17. The zero-order chi connectivity index (χ0) is 13.8. The molecule has 1 aromatic rings. The van der Waals surface area contributed by atoms with Crippen molar-refractivity contribution in [1.29, 1.82) is 0 Å². The molecular weight excluding hydrogens is 279 g/mol. The highest BCUT2D eigenvalue weighted by molar-refractivity contribution is 7.89. The number of sulfonamides is 1. The molecule has 1 heterocycles. The highest BCUT2D eigenvalue weighted by atomic mass is 35.5. The minimum absolute atomic E-state index is 0.131. The predicted molar refractivity (Wildman–Crippen MR) is 68.5 cm³/mol. The van der Waals surface area contributed by atoms with Gasteiger partial charge in [-0.3, -0.25) is 0 Å². The number of hydrogen-bond acceptors (Lipinski definition) is 3. The highest BCUT2D eigenvalue weighted by Gasteiger charge is 2.24. The first-order valence-corrected chi connectivity index (χ1v) is 7.57. The summed E-state index contributed by atoms with van der Waals surface area (Å²) >= 11 is 5.70. The van der Waals surface area contributed by atoms with Crippen LogP contribution in [0, 0.1) is 11.7 Å². The summed E-state index contributed by atoms with van der Waals surface area (Å²) in [6, 6.07) is 1.96. The fraction of sp³-hybridized carbons (Fsp3) is 0.545. The molecule has 4 nitrogen and oxygen atoms in total. The number of hydrogen-bond donors (Lipinski definition) is 1. The number of nitrogens with zero attached hydrogens (tertiary/aromatic N) is 1. The van der Waals surface area contributed by atoms with E-state index in [9.17, 15) is 12.8 Å². The number of alkyl halides is 1. The van der Waals surface area contributed by atoms with Crippen molar-refractivity contribution in [3.8, 4) is 0 Å². The van der Waals surface area contributed by atoms with Crippen molar-refractivity contribution < 1.29 is 12.8 Å². The summed E-state index contributed by atoms with van der Waals surface area (Å²) in [7, 11) is -3.97. The smallest absolute Gasteiger partial charge is 0.241 e. The van der Waals surface area contributed by atoms with Gasteiger partial charge < -0.3 is 0 Å². The lowest BCUT2D eigenvalue weighted by molar-refractivity contribution is 0.480. The lowest BCUT2D eigenvalue weighted by Crippen LogP contribution is -2.37. The van der Waals surface area contributed by atoms with E-state index < -0.39 is 26.9 Å². The van der Waals surface area contributed by atoms with E-state index in [2.05, 4.69) is 9.71 Å². The Hall–Kier alpha value is -0.720. The molecule has 0 aromatic carbocycles. The molecule has 0 radical (unpaired) electrons. The van der Waals surface area contributed by atoms with Crippen LogP contribution in [0.1, 0.15) is 20.3 Å². The van der Waals surface area contributed by atoms with Gasteiger partial charge in [0.2, 0.25) is 5.03 Å². The summed E-state index contributed by atoms with van der Waals surface area (Å²) in [4.78, 5) is 3.55. The molecule has 7 heteroatoms. The summed E-state index contributed by atoms with van der Waals surface area (Å²) in [5.74, 6) is -0.459. The topological polar surface area (TPSA) is 59.1 Å². The van der Waals surface area contributed by atoms with Gasteiger partial charge in [0, 0.05) is 18.1 Å². The van der Waals surface area contributed by atoms with Gasteiger partial charge in [0.1, 0.15) is 0 Å². The van der Waals surface area contributed by atoms with Crippen LogP contribution < -0.4 is 4.72 Å². The summed E-state index contributed by atoms with van der Waals surface area (Å²) in [5.41, 5.74) is 0. The Balaban J connectivity index is 2.91. The molecule has 102 valence electrons. The second-order valence-corrected chi connectivity index (χ2v) is 6.33. The van der Waals surface area contributed by atoms with E-state index in [-0.39, 0.29) is 11.8 Å². The minimum atomic E-state index is -3.97. The number of pyridine rings is 1. The van der Waals surface area contributed by atoms with E-state index in [0.29, 0.717) is 6.42 Å². The van der Waals surface area contributed by atoms with Crippen molar-refractivity contribution in [3.05, 3.63) is 24.1 Å². The number of rotatable bonds is 6. The third-order valence-corrected chi connectivity index (χ3v) is 4.07. The predicted octanol–water partition coefficient (Wildman–Crippen LogP) is 2.15. The average molecular weight is 295 g/mol. The van der Waals surface area contributed by atoms with E-state index in [1.54, 1.807) is 0 Å². The van der Waals surface area contributed by atoms with Gasteiger partial charge in [-0.15, -0.1) is 11.6 Å². The maximum Gasteiger partial charge on any atom is 0.261 e. The van der Waals surface area contributed by atoms with Crippen molar-refractivity contribution in [2.45, 2.75) is 31.3 Å². The molecule has 1 atom stereocenters. The SMILES string of the molecule is CC(C)CC(CCl)NS(=O)(=O)c1ncccc1F. The van der Waals surface area contributed by atoms with E-state index in [1.807, 2.05) is 13.8 Å². The summed E-state index contributed by atoms with van der Waals surface area (Å²) in [6.07, 6.45) is 1.81. The van der Waals surface area contributed by atoms with E-state index in [4.69, 9.17) is 11.6 Å². The van der Waals surface area contributed by atoms with Crippen LogP contribution in [0.3, 0.4) is 0 Å². The average Bonchev–Trinajstić information content (AvgIpc) is 2.27. The monoisotopic (exact) mass is 294 g/mol. The van der Waals surface area contributed by atoms with Gasteiger partial charge in [0.25, 0.3) is 10.0 Å². The second kappa shape index (κ2) is 6.45. The molecule has 1 rings (SSSR count). The van der Waals surface area contributed by atoms with Gasteiger partial charge in [0.15, 0.2) is 5.82 Å². The largest absolute Gasteiger partial charge is 0.261 e. The summed E-state index contributed by atoms with van der Waals surface area (Å²) in [6.45, 7) is 3.91. The Morgan fingerprint density at radius 2 is 2.17 bits per heavy atom. The standard InChI is InChI=1S/C11H16ClFN2O2S/c1-8(2)6-9(7-12)15-18(16,17)11-10(13)4-3-5-14-11/h3-5,8-9,15H,6-7H2,1-2H3. The van der Waals surface area contributed by atoms with Crippen LogP contribution in [0.5, 0.6) is 0 Å². The first kappa shape index (κ1) is 15.3. The Labute approximate surface area is 112 Å². The van der Waals surface area contributed by atoms with E-state index in [1.165, 1.54) is 12.3 Å². The molecular formula is C11H16ClFN2O2S. The van der Waals surface area contributed by atoms with Crippen LogP contribution in [0.15, 0.2) is 23.4 Å². The third kappa shape index (κ3) is 4.19. The number of nitrogens with one attached hydrogen (secondary N) is 1. The molecule has 0 fully saturated rings. The first-order chi connectivity index (χ1) is 8.36. The molecule has 0 aliphatic carbocycles. The Morgan fingerprint density at radius 3 is 2.67 bits per heavy atom. The number of halogens is 2. The third-order valence-electron chi connectivity index (χ3n) is 2.24. The van der Waals surface area contributed by atoms with Gasteiger partial charge in [-0.1, -0.05) is 13.8 Å². The van der Waals surface area contributed by atoms with Gasteiger partial charge in [-0.2, -0.15) is 0 Å². The van der Waals surface area contributed by atoms with Gasteiger partial charge in [-0.25, -0.2) is 22.5 Å². The van der Waals surface area contributed by atoms with E-state index in [0.717, 1.165) is 6.07 Å². The maximum absolute atomic E-state index is 13.4. The lowest BCUT2D eigenvalue weighted by atomic mass is 10.1. The summed E-state index contributed by atoms with van der Waals surface area (Å²) < 4.78 is 39.6. The van der Waals surface area contributed by atoms with Crippen molar-refractivity contribution in [2.24, 2.45) is 5.92 Å². The quantitative estimate of drug-likeness (QED) is 0.818. The van der Waals surface area contributed by atoms with Crippen molar-refractivity contribution >= 4 is 21.6 Å². The molecule has 0 amide bonds. The molecule has 1 aromatic heterocycles. The van der Waals surface area contributed by atoms with Gasteiger partial charge >= 0.3 is 0 Å². The highest BCUT2D eigenvalue weighted by Crippen LogP contribution is 2.13. The van der Waals surface area contributed by atoms with Crippen molar-refractivity contribution in [2.75, 3.05) is 5.88 Å². The second-order valence-electron chi connectivity index (χ2n) is 4.39. The van der Waals surface area contributed by atoms with Crippen molar-refractivity contribution in [3.63, 3.8) is 0 Å². The molecule has 1 unspecified atom stereocenters. The molecule has 0 saturated heterocycles. The molecule has 0 spiro atoms. The molecule has 0 aliphatic heterocycles. The molecule has 18 heavy (non-hydrogen) atoms. The Morgan fingerprint density at radius 1 is 1.50 bits per heavy atom. The first-order valence-electron chi connectivity index (χ1n) is 5.55. The van der Waals surface area contributed by atoms with Crippen LogP contribution in [0.2, 0.25) is 0 Å². The molecule has 0 aliphatic rings. The zero-order valence-corrected chi connectivity index (χ0v) is 11.8. The van der Waals surface area contributed by atoms with Crippen molar-refractivity contribution in [1.82, 2.24) is 9.71 Å². The molecule has 0 saturated carbocycles. The zero-order valence-electron chi connectivity index (χ0n) is 10.2. The fourth-order valence-corrected chi connectivity index (χ4v) is 3.10. The number of aromatic nitrogens is 1. The maximum atomic E-state index is 13.4. The van der Waals surface area contributed by atoms with Crippen LogP contribution in [0.4, 0.5) is 4.39 Å². The van der Waals surface area contributed by atoms with Crippen LogP contribution >= 0.6 is 11.6 Å². The van der Waals surface area contributed by atoms with Crippen LogP contribution in [0.25, 0.3) is 0 Å². The van der Waals surface area contributed by atoms with Gasteiger partial charge in [0.05, 0.1) is 0 Å². The normalized spacial score (nSPS) is 13.8. The van der Waals surface area contributed by atoms with Crippen LogP contribution in [-0.2, 0) is 10.0 Å². The molecule has 0 bridgehead atoms. The molecule has 1 N–H and O–H groups in total. The Kier molecular flexibility index (Phi) is 5.49. The van der Waals surface area contributed by atoms with Gasteiger partial charge in [-0.05, 0) is 24.5 Å². The van der Waals surface area contributed by atoms with Crippen LogP contribution in [-0.4, -0.2) is 25.3 Å². The minimum Gasteiger partial charge on any atom is -0.241 e. The summed E-state index contributed by atoms with van der Waals surface area (Å²) in [5, 5.41) is -0.594. The Bertz CT molecular complexity index is 494. The van der Waals surface area contributed by atoms with E-state index >= 15 is 0 Å². The fourth-order valence-electron chi connectivity index (χ4n) is 1.56.